The maximum Gasteiger partial charge on any atom is 0.101 e. The molecular formula is C14H15ClN2OS. The van der Waals surface area contributed by atoms with Crippen LogP contribution in [0.1, 0.15) is 5.56 Å². The van der Waals surface area contributed by atoms with Crippen LogP contribution in [0.5, 0.6) is 0 Å². The number of pyridine rings is 1. The minimum absolute atomic E-state index is 0.0126. The molecule has 1 aromatic carbocycles. The number of rotatable bonds is 5. The fraction of sp³-hybridized carbons (Fsp3) is 0.214. The van der Waals surface area contributed by atoms with Crippen LogP contribution in [0.4, 0.5) is 0 Å². The van der Waals surface area contributed by atoms with Crippen LogP contribution in [0.25, 0.3) is 0 Å². The number of benzene rings is 1. The van der Waals surface area contributed by atoms with Gasteiger partial charge in [-0.15, -0.1) is 0 Å². The molecule has 0 aliphatic carbocycles. The van der Waals surface area contributed by atoms with Crippen molar-refractivity contribution in [3.05, 3.63) is 53.2 Å². The minimum Gasteiger partial charge on any atom is -0.395 e. The molecule has 0 fully saturated rings. The maximum atomic E-state index is 8.91. The third-order valence-corrected chi connectivity index (χ3v) is 3.78. The Labute approximate surface area is 121 Å². The second kappa shape index (κ2) is 6.91. The van der Waals surface area contributed by atoms with Crippen molar-refractivity contribution in [3.8, 4) is 0 Å². The summed E-state index contributed by atoms with van der Waals surface area (Å²) in [6, 6.07) is 11.4. The van der Waals surface area contributed by atoms with Gasteiger partial charge in [0.05, 0.1) is 6.61 Å². The number of hydrogen-bond donors (Lipinski definition) is 2. The largest absolute Gasteiger partial charge is 0.395 e. The van der Waals surface area contributed by atoms with Gasteiger partial charge in [0.25, 0.3) is 0 Å². The number of hydrogen-bond acceptors (Lipinski definition) is 4. The van der Waals surface area contributed by atoms with Gasteiger partial charge in [-0.2, -0.15) is 0 Å². The van der Waals surface area contributed by atoms with Crippen LogP contribution < -0.4 is 5.73 Å². The fourth-order valence-electron chi connectivity index (χ4n) is 1.58. The molecule has 0 saturated heterocycles. The quantitative estimate of drug-likeness (QED) is 0.890. The zero-order valence-corrected chi connectivity index (χ0v) is 11.9. The van der Waals surface area contributed by atoms with Crippen LogP contribution in [0.2, 0.25) is 5.02 Å². The van der Waals surface area contributed by atoms with Crippen molar-refractivity contribution in [2.75, 3.05) is 6.61 Å². The number of nitrogens with two attached hydrogens (primary N) is 1. The summed E-state index contributed by atoms with van der Waals surface area (Å²) in [5, 5.41) is 10.6. The molecule has 0 amide bonds. The molecule has 5 heteroatoms. The molecule has 0 aliphatic heterocycles. The van der Waals surface area contributed by atoms with Crippen LogP contribution in [0.3, 0.4) is 0 Å². The molecule has 1 unspecified atom stereocenters. The average molecular weight is 295 g/mol. The second-order valence-corrected chi connectivity index (χ2v) is 5.74. The molecular weight excluding hydrogens is 280 g/mol. The van der Waals surface area contributed by atoms with Gasteiger partial charge in [0.15, 0.2) is 0 Å². The first-order valence-electron chi connectivity index (χ1n) is 5.92. The van der Waals surface area contributed by atoms with Gasteiger partial charge in [-0.05, 0) is 42.3 Å². The second-order valence-electron chi connectivity index (χ2n) is 4.21. The van der Waals surface area contributed by atoms with E-state index in [4.69, 9.17) is 22.4 Å². The van der Waals surface area contributed by atoms with E-state index in [1.165, 1.54) is 0 Å². The predicted octanol–water partition coefficient (Wildman–Crippen LogP) is 2.75. The van der Waals surface area contributed by atoms with E-state index >= 15 is 0 Å². The lowest BCUT2D eigenvalue weighted by Crippen LogP contribution is -2.26. The molecule has 19 heavy (non-hydrogen) atoms. The maximum absolute atomic E-state index is 8.91. The molecule has 100 valence electrons. The van der Waals surface area contributed by atoms with E-state index in [1.54, 1.807) is 18.0 Å². The summed E-state index contributed by atoms with van der Waals surface area (Å²) in [4.78, 5) is 5.47. The monoisotopic (exact) mass is 294 g/mol. The van der Waals surface area contributed by atoms with E-state index in [9.17, 15) is 0 Å². The summed E-state index contributed by atoms with van der Waals surface area (Å²) >= 11 is 7.42. The van der Waals surface area contributed by atoms with Gasteiger partial charge in [0, 0.05) is 22.2 Å². The smallest absolute Gasteiger partial charge is 0.101 e. The molecule has 0 spiro atoms. The van der Waals surface area contributed by atoms with Crippen molar-refractivity contribution in [1.29, 1.82) is 0 Å². The summed E-state index contributed by atoms with van der Waals surface area (Å²) < 4.78 is 0. The lowest BCUT2D eigenvalue weighted by Gasteiger charge is -2.08. The van der Waals surface area contributed by atoms with E-state index in [0.717, 1.165) is 20.5 Å². The van der Waals surface area contributed by atoms with Gasteiger partial charge < -0.3 is 10.8 Å². The van der Waals surface area contributed by atoms with Crippen molar-refractivity contribution in [2.45, 2.75) is 22.4 Å². The first-order chi connectivity index (χ1) is 9.17. The summed E-state index contributed by atoms with van der Waals surface area (Å²) in [6.07, 6.45) is 2.43. The summed E-state index contributed by atoms with van der Waals surface area (Å²) in [5.41, 5.74) is 6.71. The van der Waals surface area contributed by atoms with Gasteiger partial charge >= 0.3 is 0 Å². The fourth-order valence-corrected chi connectivity index (χ4v) is 2.46. The van der Waals surface area contributed by atoms with Crippen LogP contribution in [0.15, 0.2) is 52.5 Å². The molecule has 2 aromatic rings. The molecule has 1 heterocycles. The molecule has 0 radical (unpaired) electrons. The first kappa shape index (κ1) is 14.3. The topological polar surface area (TPSA) is 59.1 Å². The third-order valence-electron chi connectivity index (χ3n) is 2.57. The SMILES string of the molecule is NC(CO)Cc1ccc(Sc2ccc(Cl)cc2)nc1. The van der Waals surface area contributed by atoms with Gasteiger partial charge in [-0.25, -0.2) is 4.98 Å². The van der Waals surface area contributed by atoms with E-state index in [2.05, 4.69) is 4.98 Å². The number of halogens is 1. The Morgan fingerprint density at radius 1 is 1.21 bits per heavy atom. The Morgan fingerprint density at radius 2 is 1.95 bits per heavy atom. The molecule has 0 saturated carbocycles. The van der Waals surface area contributed by atoms with Crippen molar-refractivity contribution in [1.82, 2.24) is 4.98 Å². The normalized spacial score (nSPS) is 12.4. The number of aromatic nitrogens is 1. The Bertz CT molecular complexity index is 516. The zero-order chi connectivity index (χ0) is 13.7. The molecule has 1 aromatic heterocycles. The van der Waals surface area contributed by atoms with Gasteiger partial charge in [0.1, 0.15) is 5.03 Å². The Balaban J connectivity index is 2.00. The van der Waals surface area contributed by atoms with E-state index in [0.29, 0.717) is 6.42 Å². The zero-order valence-electron chi connectivity index (χ0n) is 10.3. The Morgan fingerprint density at radius 3 is 2.53 bits per heavy atom. The lowest BCUT2D eigenvalue weighted by molar-refractivity contribution is 0.265. The van der Waals surface area contributed by atoms with E-state index in [-0.39, 0.29) is 12.6 Å². The highest BCUT2D eigenvalue weighted by molar-refractivity contribution is 7.99. The number of aliphatic hydroxyl groups excluding tert-OH is 1. The van der Waals surface area contributed by atoms with Gasteiger partial charge in [-0.3, -0.25) is 0 Å². The molecule has 3 N–H and O–H groups in total. The van der Waals surface area contributed by atoms with Gasteiger partial charge in [0.2, 0.25) is 0 Å². The Hall–Kier alpha value is -1.07. The lowest BCUT2D eigenvalue weighted by atomic mass is 10.1. The van der Waals surface area contributed by atoms with Crippen molar-refractivity contribution in [3.63, 3.8) is 0 Å². The third kappa shape index (κ3) is 4.51. The average Bonchev–Trinajstić information content (AvgIpc) is 2.43. The van der Waals surface area contributed by atoms with Crippen LogP contribution >= 0.6 is 23.4 Å². The van der Waals surface area contributed by atoms with Gasteiger partial charge in [-0.1, -0.05) is 29.4 Å². The van der Waals surface area contributed by atoms with Crippen LogP contribution in [-0.4, -0.2) is 22.7 Å². The summed E-state index contributed by atoms with van der Waals surface area (Å²) in [7, 11) is 0. The number of nitrogens with zero attached hydrogens (tertiary/aromatic N) is 1. The number of aliphatic hydroxyl groups is 1. The molecule has 1 atom stereocenters. The predicted molar refractivity (Wildman–Crippen MR) is 78.6 cm³/mol. The van der Waals surface area contributed by atoms with Crippen LogP contribution in [0, 0.1) is 0 Å². The standard InChI is InChI=1S/C14H15ClN2OS/c15-11-2-4-13(5-3-11)19-14-6-1-10(8-17-14)7-12(16)9-18/h1-6,8,12,18H,7,9,16H2. The van der Waals surface area contributed by atoms with Crippen molar-refractivity contribution >= 4 is 23.4 Å². The highest BCUT2D eigenvalue weighted by atomic mass is 35.5. The molecule has 3 nitrogen and oxygen atoms in total. The first-order valence-corrected chi connectivity index (χ1v) is 7.11. The summed E-state index contributed by atoms with van der Waals surface area (Å²) in [5.74, 6) is 0. The Kier molecular flexibility index (Phi) is 5.22. The minimum atomic E-state index is -0.225. The molecule has 2 rings (SSSR count). The van der Waals surface area contributed by atoms with E-state index < -0.39 is 0 Å². The summed E-state index contributed by atoms with van der Waals surface area (Å²) in [6.45, 7) is -0.0126. The highest BCUT2D eigenvalue weighted by Gasteiger charge is 2.04. The van der Waals surface area contributed by atoms with E-state index in [1.807, 2.05) is 36.4 Å². The van der Waals surface area contributed by atoms with Crippen LogP contribution in [-0.2, 0) is 6.42 Å². The highest BCUT2D eigenvalue weighted by Crippen LogP contribution is 2.27. The molecule has 0 aliphatic rings. The van der Waals surface area contributed by atoms with Crippen molar-refractivity contribution in [2.24, 2.45) is 5.73 Å². The van der Waals surface area contributed by atoms with Crippen molar-refractivity contribution < 1.29 is 5.11 Å². The molecule has 0 bridgehead atoms.